The lowest BCUT2D eigenvalue weighted by Crippen LogP contribution is -2.41. The summed E-state index contributed by atoms with van der Waals surface area (Å²) in [7, 11) is -2.79. The summed E-state index contributed by atoms with van der Waals surface area (Å²) >= 11 is 0. The Labute approximate surface area is 204 Å². The van der Waals surface area contributed by atoms with Crippen LogP contribution < -0.4 is 16.4 Å². The van der Waals surface area contributed by atoms with Gasteiger partial charge in [-0.3, -0.25) is 15.3 Å². The highest BCUT2D eigenvalue weighted by Gasteiger charge is 2.28. The number of amides is 3. The van der Waals surface area contributed by atoms with Crippen LogP contribution in [-0.4, -0.2) is 44.0 Å². The Morgan fingerprint density at radius 1 is 1.00 bits per heavy atom. The largest absolute Gasteiger partial charge is 0.485 e. The lowest BCUT2D eigenvalue weighted by molar-refractivity contribution is -0.377. The van der Waals surface area contributed by atoms with Crippen molar-refractivity contribution >= 4 is 45.1 Å². The van der Waals surface area contributed by atoms with Crippen molar-refractivity contribution in [1.29, 1.82) is 0 Å². The predicted molar refractivity (Wildman–Crippen MR) is 130 cm³/mol. The molecule has 0 aliphatic heterocycles. The van der Waals surface area contributed by atoms with Gasteiger partial charge in [0, 0.05) is 12.3 Å². The Kier molecular flexibility index (Phi) is 8.23. The molecule has 1 aliphatic carbocycles. The molecule has 35 heavy (non-hydrogen) atoms. The number of nitrogens with zero attached hydrogens (tertiary/aromatic N) is 1. The van der Waals surface area contributed by atoms with Crippen LogP contribution in [0.3, 0.4) is 0 Å². The summed E-state index contributed by atoms with van der Waals surface area (Å²) in [5.41, 5.74) is 6.40. The van der Waals surface area contributed by atoms with Crippen molar-refractivity contribution in [3.8, 4) is 0 Å². The van der Waals surface area contributed by atoms with E-state index in [4.69, 9.17) is 5.73 Å². The minimum Gasteiger partial charge on any atom is -0.440 e. The molecule has 3 amide bonds. The number of hydrogen-bond acceptors (Lipinski definition) is 6. The van der Waals surface area contributed by atoms with Gasteiger partial charge in [-0.25, -0.2) is 18.5 Å². The highest BCUT2D eigenvalue weighted by atomic mass is 32.2. The number of rotatable bonds is 6. The molecule has 4 N–H and O–H groups in total. The molecule has 10 nitrogen and oxygen atoms in total. The van der Waals surface area contributed by atoms with Crippen molar-refractivity contribution < 1.29 is 32.1 Å². The second-order valence-corrected chi connectivity index (χ2v) is 10.0. The number of imide groups is 1. The summed E-state index contributed by atoms with van der Waals surface area (Å²) in [5, 5.41) is 5.54. The van der Waals surface area contributed by atoms with E-state index in [2.05, 4.69) is 15.4 Å². The number of sulfone groups is 1. The fourth-order valence-corrected chi connectivity index (χ4v) is 5.15. The Morgan fingerprint density at radius 3 is 2.26 bits per heavy atom. The number of nitrogens with one attached hydrogen (secondary N) is 2. The van der Waals surface area contributed by atoms with Crippen molar-refractivity contribution in [1.82, 2.24) is 0 Å². The van der Waals surface area contributed by atoms with Gasteiger partial charge >= 0.3 is 12.1 Å². The van der Waals surface area contributed by atoms with Crippen LogP contribution in [0.15, 0.2) is 58.3 Å². The summed E-state index contributed by atoms with van der Waals surface area (Å²) in [6, 6.07) is 12.0. The van der Waals surface area contributed by atoms with Gasteiger partial charge in [-0.15, -0.1) is 0 Å². The van der Waals surface area contributed by atoms with Gasteiger partial charge in [0.05, 0.1) is 22.6 Å². The molecule has 0 saturated heterocycles. The normalized spacial score (nSPS) is 14.7. The van der Waals surface area contributed by atoms with Crippen molar-refractivity contribution in [2.75, 3.05) is 17.7 Å². The average Bonchev–Trinajstić information content (AvgIpc) is 3.40. The van der Waals surface area contributed by atoms with Crippen LogP contribution in [0.25, 0.3) is 0 Å². The zero-order valence-electron chi connectivity index (χ0n) is 19.6. The number of guanidine groups is 1. The highest BCUT2D eigenvalue weighted by Crippen LogP contribution is 2.31. The van der Waals surface area contributed by atoms with E-state index in [1.165, 1.54) is 30.3 Å². The predicted octanol–water partition coefficient (Wildman–Crippen LogP) is 3.09. The Hall–Kier alpha value is -3.73. The van der Waals surface area contributed by atoms with Crippen LogP contribution in [0.4, 0.5) is 16.2 Å². The molecule has 0 radical (unpaired) electrons. The molecule has 0 spiro atoms. The van der Waals surface area contributed by atoms with Gasteiger partial charge < -0.3 is 10.1 Å². The van der Waals surface area contributed by atoms with E-state index < -0.39 is 27.8 Å². The fraction of sp³-hybridized carbons (Fsp3) is 0.333. The van der Waals surface area contributed by atoms with E-state index in [0.29, 0.717) is 4.58 Å². The van der Waals surface area contributed by atoms with E-state index in [9.17, 15) is 22.8 Å². The number of anilines is 2. The molecule has 1 aliphatic rings. The van der Waals surface area contributed by atoms with Crippen LogP contribution >= 0.6 is 0 Å². The van der Waals surface area contributed by atoms with E-state index in [1.54, 1.807) is 25.1 Å². The van der Waals surface area contributed by atoms with Crippen LogP contribution in [0.2, 0.25) is 0 Å². The van der Waals surface area contributed by atoms with Gasteiger partial charge in [0.2, 0.25) is 15.7 Å². The van der Waals surface area contributed by atoms with Gasteiger partial charge in [-0.05, 0) is 43.2 Å². The Balaban J connectivity index is 2.08. The summed E-state index contributed by atoms with van der Waals surface area (Å²) in [6.07, 6.45) is 2.42. The first-order valence-corrected chi connectivity index (χ1v) is 12.7. The molecular formula is C24H29N4O6S+. The minimum absolute atomic E-state index is 0.0365. The SMILES string of the molecule is CCC(=O)[N+](C(=O)OC)=C(N)Nc1cc(S(=O)(=O)c2ccccc2)ccc1NC(=O)C1CCCC1. The smallest absolute Gasteiger partial charge is 0.440 e. The van der Waals surface area contributed by atoms with Crippen LogP contribution in [0.5, 0.6) is 0 Å². The van der Waals surface area contributed by atoms with Gasteiger partial charge in [0.1, 0.15) is 5.69 Å². The van der Waals surface area contributed by atoms with Crippen molar-refractivity contribution in [2.24, 2.45) is 11.7 Å². The standard InChI is InChI=1S/C24H28N4O6S/c1-3-21(29)28(24(31)34-2)23(25)27-20-15-18(35(32,33)17-11-5-4-6-12-17)13-14-19(20)26-22(30)16-9-7-8-10-16/h4-6,11-16H,3,7-10H2,1-2H3,(H3,25,26,27,30)/p+1. The summed E-state index contributed by atoms with van der Waals surface area (Å²) in [5.74, 6) is -1.37. The maximum Gasteiger partial charge on any atom is 0.485 e. The molecule has 186 valence electrons. The van der Waals surface area contributed by atoms with Crippen LogP contribution in [0, 0.1) is 5.92 Å². The highest BCUT2D eigenvalue weighted by molar-refractivity contribution is 7.91. The van der Waals surface area contributed by atoms with Gasteiger partial charge in [0.25, 0.3) is 5.91 Å². The topological polar surface area (TPSA) is 148 Å². The molecule has 0 aromatic heterocycles. The molecule has 11 heteroatoms. The first kappa shape index (κ1) is 25.9. The Bertz CT molecular complexity index is 1230. The van der Waals surface area contributed by atoms with Gasteiger partial charge in [-0.1, -0.05) is 42.5 Å². The third kappa shape index (κ3) is 5.86. The molecule has 1 fully saturated rings. The molecule has 1 saturated carbocycles. The number of methoxy groups -OCH3 is 1. The third-order valence-corrected chi connectivity index (χ3v) is 7.52. The summed E-state index contributed by atoms with van der Waals surface area (Å²) in [6.45, 7) is 1.55. The number of carbonyl (C=O) groups is 3. The van der Waals surface area contributed by atoms with Crippen molar-refractivity contribution in [3.05, 3.63) is 48.5 Å². The van der Waals surface area contributed by atoms with Crippen LogP contribution in [-0.2, 0) is 24.2 Å². The number of hydrogen-bond donors (Lipinski definition) is 3. The second kappa shape index (κ2) is 11.1. The molecule has 3 rings (SSSR count). The second-order valence-electron chi connectivity index (χ2n) is 8.06. The molecule has 0 bridgehead atoms. The first-order chi connectivity index (χ1) is 16.7. The quantitative estimate of drug-likeness (QED) is 0.311. The molecule has 0 atom stereocenters. The minimum atomic E-state index is -3.90. The lowest BCUT2D eigenvalue weighted by Gasteiger charge is -2.15. The zero-order chi connectivity index (χ0) is 25.6. The average molecular weight is 502 g/mol. The van der Waals surface area contributed by atoms with E-state index in [-0.39, 0.29) is 39.4 Å². The number of ether oxygens (including phenoxy) is 1. The molecular weight excluding hydrogens is 472 g/mol. The van der Waals surface area contributed by atoms with Crippen molar-refractivity contribution in [3.63, 3.8) is 0 Å². The molecule has 2 aromatic carbocycles. The van der Waals surface area contributed by atoms with Gasteiger partial charge in [0.15, 0.2) is 0 Å². The maximum atomic E-state index is 13.2. The summed E-state index contributed by atoms with van der Waals surface area (Å²) in [4.78, 5) is 37.3. The monoisotopic (exact) mass is 501 g/mol. The van der Waals surface area contributed by atoms with Crippen molar-refractivity contribution in [2.45, 2.75) is 48.8 Å². The number of benzene rings is 2. The van der Waals surface area contributed by atoms with E-state index in [1.807, 2.05) is 0 Å². The lowest BCUT2D eigenvalue weighted by atomic mass is 10.1. The maximum absolute atomic E-state index is 13.2. The van der Waals surface area contributed by atoms with E-state index >= 15 is 0 Å². The molecule has 0 unspecified atom stereocenters. The number of carbonyl (C=O) groups excluding carboxylic acids is 3. The fourth-order valence-electron chi connectivity index (χ4n) is 3.84. The van der Waals surface area contributed by atoms with Crippen LogP contribution in [0.1, 0.15) is 39.0 Å². The molecule has 2 aromatic rings. The first-order valence-electron chi connectivity index (χ1n) is 11.2. The molecule has 0 heterocycles. The third-order valence-electron chi connectivity index (χ3n) is 5.75. The number of nitrogens with two attached hydrogens (primary N) is 1. The van der Waals surface area contributed by atoms with E-state index in [0.717, 1.165) is 32.8 Å². The van der Waals surface area contributed by atoms with Gasteiger partial charge in [-0.2, -0.15) is 0 Å². The zero-order valence-corrected chi connectivity index (χ0v) is 20.4. The summed E-state index contributed by atoms with van der Waals surface area (Å²) < 4.78 is 31.6. The Morgan fingerprint density at radius 2 is 1.66 bits per heavy atom.